The second kappa shape index (κ2) is 9.78. The number of pyridine rings is 1. The highest BCUT2D eigenvalue weighted by molar-refractivity contribution is 5.62. The molecule has 5 nitrogen and oxygen atoms in total. The van der Waals surface area contributed by atoms with Crippen LogP contribution in [0.25, 0.3) is 0 Å². The van der Waals surface area contributed by atoms with Crippen molar-refractivity contribution in [3.05, 3.63) is 84.1 Å². The van der Waals surface area contributed by atoms with Crippen LogP contribution in [0.2, 0.25) is 0 Å². The number of hydrogen-bond donors (Lipinski definition) is 0. The molecule has 0 aliphatic carbocycles. The minimum absolute atomic E-state index is 0.0627. The second-order valence-corrected chi connectivity index (χ2v) is 6.29. The number of alkyl halides is 3. The van der Waals surface area contributed by atoms with Gasteiger partial charge in [-0.05, 0) is 42.8 Å². The number of halogens is 3. The SMILES string of the molecule is CC(C=NOCc1ccccc1)Oc1ccc(Oc2ccc(C(F)(F)F)cn2)cc1. The molecule has 2 aromatic carbocycles. The number of oxime groups is 1. The van der Waals surface area contributed by atoms with E-state index in [1.165, 1.54) is 6.07 Å². The molecule has 3 rings (SSSR count). The molecule has 1 atom stereocenters. The molecule has 30 heavy (non-hydrogen) atoms. The van der Waals surface area contributed by atoms with Crippen LogP contribution in [0.4, 0.5) is 13.2 Å². The van der Waals surface area contributed by atoms with Gasteiger partial charge in [0.2, 0.25) is 5.88 Å². The molecule has 0 amide bonds. The molecule has 0 spiro atoms. The summed E-state index contributed by atoms with van der Waals surface area (Å²) in [7, 11) is 0. The lowest BCUT2D eigenvalue weighted by molar-refractivity contribution is -0.137. The van der Waals surface area contributed by atoms with Crippen molar-refractivity contribution in [3.8, 4) is 17.4 Å². The van der Waals surface area contributed by atoms with Crippen LogP contribution in [0.3, 0.4) is 0 Å². The van der Waals surface area contributed by atoms with Crippen LogP contribution in [0.1, 0.15) is 18.1 Å². The highest BCUT2D eigenvalue weighted by atomic mass is 19.4. The molecule has 0 fully saturated rings. The smallest absolute Gasteiger partial charge is 0.417 e. The predicted molar refractivity (Wildman–Crippen MR) is 106 cm³/mol. The second-order valence-electron chi connectivity index (χ2n) is 6.29. The van der Waals surface area contributed by atoms with E-state index in [-0.39, 0.29) is 12.0 Å². The van der Waals surface area contributed by atoms with Crippen LogP contribution in [0.15, 0.2) is 78.1 Å². The molecule has 0 saturated heterocycles. The van der Waals surface area contributed by atoms with Crippen molar-refractivity contribution in [2.75, 3.05) is 0 Å². The average molecular weight is 416 g/mol. The van der Waals surface area contributed by atoms with E-state index in [4.69, 9.17) is 14.3 Å². The van der Waals surface area contributed by atoms with Crippen molar-refractivity contribution in [1.82, 2.24) is 4.98 Å². The van der Waals surface area contributed by atoms with Gasteiger partial charge in [-0.2, -0.15) is 13.2 Å². The zero-order valence-electron chi connectivity index (χ0n) is 16.0. The fourth-order valence-electron chi connectivity index (χ4n) is 2.38. The van der Waals surface area contributed by atoms with Crippen LogP contribution in [-0.4, -0.2) is 17.3 Å². The molecule has 1 aromatic heterocycles. The molecule has 0 N–H and O–H groups in total. The quantitative estimate of drug-likeness (QED) is 0.341. The first kappa shape index (κ1) is 21.2. The van der Waals surface area contributed by atoms with Crippen molar-refractivity contribution < 1.29 is 27.5 Å². The van der Waals surface area contributed by atoms with Crippen LogP contribution in [-0.2, 0) is 17.6 Å². The predicted octanol–water partition coefficient (Wildman–Crippen LogP) is 5.86. The Morgan fingerprint density at radius 2 is 1.67 bits per heavy atom. The summed E-state index contributed by atoms with van der Waals surface area (Å²) in [5.74, 6) is 1.06. The highest BCUT2D eigenvalue weighted by Gasteiger charge is 2.30. The third-order valence-electron chi connectivity index (χ3n) is 3.85. The first-order valence-electron chi connectivity index (χ1n) is 9.07. The summed E-state index contributed by atoms with van der Waals surface area (Å²) in [4.78, 5) is 8.91. The van der Waals surface area contributed by atoms with E-state index in [0.717, 1.165) is 17.8 Å². The van der Waals surface area contributed by atoms with Gasteiger partial charge >= 0.3 is 6.18 Å². The van der Waals surface area contributed by atoms with Gasteiger partial charge in [0.05, 0.1) is 11.8 Å². The number of hydrogen-bond acceptors (Lipinski definition) is 5. The summed E-state index contributed by atoms with van der Waals surface area (Å²) >= 11 is 0. The Morgan fingerprint density at radius 3 is 2.30 bits per heavy atom. The molecule has 3 aromatic rings. The fraction of sp³-hybridized carbons (Fsp3) is 0.182. The Hall–Kier alpha value is -3.55. The van der Waals surface area contributed by atoms with Crippen molar-refractivity contribution in [2.45, 2.75) is 25.8 Å². The van der Waals surface area contributed by atoms with Crippen LogP contribution in [0, 0.1) is 0 Å². The summed E-state index contributed by atoms with van der Waals surface area (Å²) in [5, 5.41) is 3.90. The number of ether oxygens (including phenoxy) is 2. The van der Waals surface area contributed by atoms with E-state index in [9.17, 15) is 13.2 Å². The van der Waals surface area contributed by atoms with E-state index in [1.807, 2.05) is 37.3 Å². The largest absolute Gasteiger partial charge is 0.485 e. The number of rotatable bonds is 8. The first-order chi connectivity index (χ1) is 14.4. The highest BCUT2D eigenvalue weighted by Crippen LogP contribution is 2.30. The van der Waals surface area contributed by atoms with Crippen LogP contribution in [0.5, 0.6) is 17.4 Å². The zero-order valence-corrected chi connectivity index (χ0v) is 16.0. The molecule has 1 heterocycles. The molecule has 0 saturated carbocycles. The Morgan fingerprint density at radius 1 is 0.967 bits per heavy atom. The van der Waals surface area contributed by atoms with E-state index in [0.29, 0.717) is 18.1 Å². The molecule has 0 bridgehead atoms. The van der Waals surface area contributed by atoms with Gasteiger partial charge in [0.25, 0.3) is 0 Å². The summed E-state index contributed by atoms with van der Waals surface area (Å²) < 4.78 is 48.8. The number of benzene rings is 2. The minimum Gasteiger partial charge on any atom is -0.485 e. The van der Waals surface area contributed by atoms with Crippen molar-refractivity contribution in [1.29, 1.82) is 0 Å². The molecule has 0 radical (unpaired) electrons. The molecular weight excluding hydrogens is 397 g/mol. The Kier molecular flexibility index (Phi) is 6.90. The van der Waals surface area contributed by atoms with Crippen LogP contribution < -0.4 is 9.47 Å². The minimum atomic E-state index is -4.43. The maximum Gasteiger partial charge on any atom is 0.417 e. The normalized spacial score (nSPS) is 12.5. The van der Waals surface area contributed by atoms with Gasteiger partial charge in [-0.3, -0.25) is 0 Å². The van der Waals surface area contributed by atoms with Gasteiger partial charge in [-0.1, -0.05) is 35.5 Å². The fourth-order valence-corrected chi connectivity index (χ4v) is 2.38. The van der Waals surface area contributed by atoms with Gasteiger partial charge in [-0.25, -0.2) is 4.98 Å². The summed E-state index contributed by atoms with van der Waals surface area (Å²) in [5.41, 5.74) is 0.184. The van der Waals surface area contributed by atoms with E-state index >= 15 is 0 Å². The molecule has 1 unspecified atom stereocenters. The number of nitrogens with zero attached hydrogens (tertiary/aromatic N) is 2. The first-order valence-corrected chi connectivity index (χ1v) is 9.07. The lowest BCUT2D eigenvalue weighted by Gasteiger charge is -2.11. The topological polar surface area (TPSA) is 52.9 Å². The summed E-state index contributed by atoms with van der Waals surface area (Å²) in [6.45, 7) is 2.18. The lowest BCUT2D eigenvalue weighted by atomic mass is 10.2. The average Bonchev–Trinajstić information content (AvgIpc) is 2.73. The third kappa shape index (κ3) is 6.51. The Bertz CT molecular complexity index is 944. The van der Waals surface area contributed by atoms with Gasteiger partial charge in [0.1, 0.15) is 24.2 Å². The molecule has 0 aliphatic heterocycles. The number of aromatic nitrogens is 1. The van der Waals surface area contributed by atoms with Crippen LogP contribution >= 0.6 is 0 Å². The van der Waals surface area contributed by atoms with E-state index in [1.54, 1.807) is 30.5 Å². The van der Waals surface area contributed by atoms with Gasteiger partial charge in [0.15, 0.2) is 0 Å². The van der Waals surface area contributed by atoms with Gasteiger partial charge in [-0.15, -0.1) is 0 Å². The maximum absolute atomic E-state index is 12.6. The Balaban J connectivity index is 1.47. The molecule has 8 heteroatoms. The van der Waals surface area contributed by atoms with Crippen molar-refractivity contribution in [3.63, 3.8) is 0 Å². The molecule has 0 aliphatic rings. The monoisotopic (exact) mass is 416 g/mol. The van der Waals surface area contributed by atoms with E-state index < -0.39 is 11.7 Å². The van der Waals surface area contributed by atoms with E-state index in [2.05, 4.69) is 10.1 Å². The van der Waals surface area contributed by atoms with Crippen molar-refractivity contribution in [2.24, 2.45) is 5.16 Å². The lowest BCUT2D eigenvalue weighted by Crippen LogP contribution is -2.13. The molecule has 156 valence electrons. The van der Waals surface area contributed by atoms with Gasteiger partial charge < -0.3 is 14.3 Å². The zero-order chi connectivity index (χ0) is 21.4. The van der Waals surface area contributed by atoms with Gasteiger partial charge in [0, 0.05) is 12.3 Å². The summed E-state index contributed by atoms with van der Waals surface area (Å²) in [6, 6.07) is 18.4. The summed E-state index contributed by atoms with van der Waals surface area (Å²) in [6.07, 6.45) is -2.49. The van der Waals surface area contributed by atoms with Crippen molar-refractivity contribution >= 4 is 6.21 Å². The third-order valence-corrected chi connectivity index (χ3v) is 3.85. The Labute approximate surface area is 171 Å². The standard InChI is InChI=1S/C22H19F3N2O3/c1-16(13-27-28-15-17-5-3-2-4-6-17)29-19-8-10-20(11-9-19)30-21-12-7-18(14-26-21)22(23,24)25/h2-14,16H,15H2,1H3. The molecular formula is C22H19F3N2O3. The maximum atomic E-state index is 12.6.